The fourth-order valence-corrected chi connectivity index (χ4v) is 1.61. The number of nitrogens with zero attached hydrogens (tertiary/aromatic N) is 2. The van der Waals surface area contributed by atoms with Crippen LogP contribution in [0.5, 0.6) is 5.75 Å². The summed E-state index contributed by atoms with van der Waals surface area (Å²) in [4.78, 5) is 4.07. The summed E-state index contributed by atoms with van der Waals surface area (Å²) in [6.07, 6.45) is 0.613. The van der Waals surface area contributed by atoms with Gasteiger partial charge in [-0.05, 0) is 24.6 Å². The number of halogens is 1. The molecule has 0 atom stereocenters. The molecular weight excluding hydrogens is 237 g/mol. The van der Waals surface area contributed by atoms with Crippen LogP contribution in [0.1, 0.15) is 17.3 Å². The second kappa shape index (κ2) is 5.59. The standard InChI is InChI=1S/C12H14FN3O2/c1-8-15-12(18-16-8)2-3-14-7-9-4-10(13)6-11(17)5-9/h4-6,14,17H,2-3,7H2,1H3. The Labute approximate surface area is 104 Å². The molecule has 0 bridgehead atoms. The fraction of sp³-hybridized carbons (Fsp3) is 0.333. The Morgan fingerprint density at radius 2 is 2.22 bits per heavy atom. The van der Waals surface area contributed by atoms with Gasteiger partial charge in [0.05, 0.1) is 0 Å². The average molecular weight is 251 g/mol. The number of hydrogen-bond acceptors (Lipinski definition) is 5. The third-order valence-corrected chi connectivity index (χ3v) is 2.36. The zero-order chi connectivity index (χ0) is 13.0. The van der Waals surface area contributed by atoms with Crippen molar-refractivity contribution in [2.24, 2.45) is 0 Å². The normalized spacial score (nSPS) is 10.8. The van der Waals surface area contributed by atoms with E-state index >= 15 is 0 Å². The van der Waals surface area contributed by atoms with E-state index in [2.05, 4.69) is 15.5 Å². The highest BCUT2D eigenvalue weighted by Crippen LogP contribution is 2.14. The van der Waals surface area contributed by atoms with Gasteiger partial charge >= 0.3 is 0 Å². The van der Waals surface area contributed by atoms with E-state index in [0.29, 0.717) is 36.8 Å². The minimum Gasteiger partial charge on any atom is -0.508 e. The molecule has 0 fully saturated rings. The van der Waals surface area contributed by atoms with Gasteiger partial charge in [-0.3, -0.25) is 0 Å². The minimum absolute atomic E-state index is 0.0701. The van der Waals surface area contributed by atoms with E-state index < -0.39 is 5.82 Å². The summed E-state index contributed by atoms with van der Waals surface area (Å²) in [5.74, 6) is 0.667. The first-order valence-corrected chi connectivity index (χ1v) is 5.62. The molecule has 5 nitrogen and oxygen atoms in total. The molecule has 0 radical (unpaired) electrons. The Morgan fingerprint density at radius 1 is 1.39 bits per heavy atom. The smallest absolute Gasteiger partial charge is 0.227 e. The number of aryl methyl sites for hydroxylation is 1. The summed E-state index contributed by atoms with van der Waals surface area (Å²) in [7, 11) is 0. The van der Waals surface area contributed by atoms with E-state index in [0.717, 1.165) is 6.07 Å². The first kappa shape index (κ1) is 12.5. The van der Waals surface area contributed by atoms with Gasteiger partial charge in [-0.2, -0.15) is 4.98 Å². The molecule has 1 aromatic heterocycles. The maximum absolute atomic E-state index is 13.0. The summed E-state index contributed by atoms with van der Waals surface area (Å²) in [5, 5.41) is 16.0. The van der Waals surface area contributed by atoms with Gasteiger partial charge < -0.3 is 14.9 Å². The van der Waals surface area contributed by atoms with Crippen LogP contribution in [0.4, 0.5) is 4.39 Å². The van der Waals surface area contributed by atoms with Crippen LogP contribution >= 0.6 is 0 Å². The average Bonchev–Trinajstić information content (AvgIpc) is 2.69. The lowest BCUT2D eigenvalue weighted by Crippen LogP contribution is -2.16. The van der Waals surface area contributed by atoms with Crippen LogP contribution in [0, 0.1) is 12.7 Å². The summed E-state index contributed by atoms with van der Waals surface area (Å²) < 4.78 is 17.9. The molecule has 0 spiro atoms. The second-order valence-electron chi connectivity index (χ2n) is 3.98. The Kier molecular flexibility index (Phi) is 3.88. The molecule has 0 aliphatic carbocycles. The van der Waals surface area contributed by atoms with E-state index in [1.807, 2.05) is 0 Å². The summed E-state index contributed by atoms with van der Waals surface area (Å²) in [6.45, 7) is 2.87. The predicted molar refractivity (Wildman–Crippen MR) is 62.5 cm³/mol. The van der Waals surface area contributed by atoms with Crippen molar-refractivity contribution in [1.29, 1.82) is 0 Å². The topological polar surface area (TPSA) is 71.2 Å². The molecule has 1 aromatic carbocycles. The Bertz CT molecular complexity index is 508. The number of rotatable bonds is 5. The third kappa shape index (κ3) is 3.53. The number of phenols is 1. The monoisotopic (exact) mass is 251 g/mol. The third-order valence-electron chi connectivity index (χ3n) is 2.36. The molecule has 0 saturated heterocycles. The maximum Gasteiger partial charge on any atom is 0.227 e. The van der Waals surface area contributed by atoms with Crippen molar-refractivity contribution >= 4 is 0 Å². The first-order valence-electron chi connectivity index (χ1n) is 5.62. The quantitative estimate of drug-likeness (QED) is 0.789. The van der Waals surface area contributed by atoms with E-state index in [1.54, 1.807) is 6.92 Å². The van der Waals surface area contributed by atoms with Gasteiger partial charge in [0.1, 0.15) is 11.6 Å². The van der Waals surface area contributed by atoms with Crippen LogP contribution in [0.2, 0.25) is 0 Å². The number of nitrogens with one attached hydrogen (secondary N) is 1. The van der Waals surface area contributed by atoms with Crippen molar-refractivity contribution in [3.8, 4) is 5.75 Å². The summed E-state index contributed by atoms with van der Waals surface area (Å²) >= 11 is 0. The fourth-order valence-electron chi connectivity index (χ4n) is 1.61. The first-order chi connectivity index (χ1) is 8.63. The van der Waals surface area contributed by atoms with Crippen molar-refractivity contribution in [2.75, 3.05) is 6.54 Å². The zero-order valence-electron chi connectivity index (χ0n) is 9.98. The van der Waals surface area contributed by atoms with Crippen LogP contribution in [-0.2, 0) is 13.0 Å². The largest absolute Gasteiger partial charge is 0.508 e. The van der Waals surface area contributed by atoms with Gasteiger partial charge in [0.25, 0.3) is 0 Å². The summed E-state index contributed by atoms with van der Waals surface area (Å²) in [6, 6.07) is 3.97. The number of aromatic nitrogens is 2. The van der Waals surface area contributed by atoms with Crippen molar-refractivity contribution < 1.29 is 14.0 Å². The van der Waals surface area contributed by atoms with Crippen LogP contribution in [-0.4, -0.2) is 21.8 Å². The lowest BCUT2D eigenvalue weighted by Gasteiger charge is -2.04. The van der Waals surface area contributed by atoms with Crippen LogP contribution in [0.3, 0.4) is 0 Å². The van der Waals surface area contributed by atoms with Crippen molar-refractivity contribution in [2.45, 2.75) is 19.9 Å². The van der Waals surface area contributed by atoms with E-state index in [1.165, 1.54) is 12.1 Å². The zero-order valence-corrected chi connectivity index (χ0v) is 9.98. The molecule has 6 heteroatoms. The Balaban J connectivity index is 1.78. The molecule has 0 aliphatic heterocycles. The molecule has 0 amide bonds. The van der Waals surface area contributed by atoms with Crippen molar-refractivity contribution in [3.05, 3.63) is 41.3 Å². The van der Waals surface area contributed by atoms with Gasteiger partial charge in [-0.25, -0.2) is 4.39 Å². The molecule has 2 rings (SSSR count). The number of hydrogen-bond donors (Lipinski definition) is 2. The molecule has 0 saturated carbocycles. The lowest BCUT2D eigenvalue weighted by atomic mass is 10.2. The SMILES string of the molecule is Cc1noc(CCNCc2cc(O)cc(F)c2)n1. The van der Waals surface area contributed by atoms with Gasteiger partial charge in [0, 0.05) is 25.6 Å². The molecule has 2 aromatic rings. The lowest BCUT2D eigenvalue weighted by molar-refractivity contribution is 0.372. The maximum atomic E-state index is 13.0. The molecule has 1 heterocycles. The van der Waals surface area contributed by atoms with E-state index in [9.17, 15) is 9.50 Å². The van der Waals surface area contributed by atoms with Crippen LogP contribution in [0.15, 0.2) is 22.7 Å². The van der Waals surface area contributed by atoms with Crippen molar-refractivity contribution in [3.63, 3.8) is 0 Å². The van der Waals surface area contributed by atoms with Crippen LogP contribution < -0.4 is 5.32 Å². The van der Waals surface area contributed by atoms with Gasteiger partial charge in [0.2, 0.25) is 5.89 Å². The Morgan fingerprint density at radius 3 is 2.89 bits per heavy atom. The highest BCUT2D eigenvalue weighted by atomic mass is 19.1. The van der Waals surface area contributed by atoms with Crippen molar-refractivity contribution in [1.82, 2.24) is 15.5 Å². The van der Waals surface area contributed by atoms with Gasteiger partial charge in [-0.1, -0.05) is 5.16 Å². The minimum atomic E-state index is -0.445. The molecule has 18 heavy (non-hydrogen) atoms. The van der Waals surface area contributed by atoms with E-state index in [-0.39, 0.29) is 5.75 Å². The number of phenolic OH excluding ortho intramolecular Hbond substituents is 1. The molecule has 2 N–H and O–H groups in total. The highest BCUT2D eigenvalue weighted by molar-refractivity contribution is 5.28. The number of aromatic hydroxyl groups is 1. The highest BCUT2D eigenvalue weighted by Gasteiger charge is 2.03. The second-order valence-corrected chi connectivity index (χ2v) is 3.98. The van der Waals surface area contributed by atoms with Crippen LogP contribution in [0.25, 0.3) is 0 Å². The van der Waals surface area contributed by atoms with Gasteiger partial charge in [0.15, 0.2) is 5.82 Å². The van der Waals surface area contributed by atoms with E-state index in [4.69, 9.17) is 4.52 Å². The molecule has 96 valence electrons. The molecular formula is C12H14FN3O2. The predicted octanol–water partition coefficient (Wildman–Crippen LogP) is 1.56. The molecule has 0 aliphatic rings. The summed E-state index contributed by atoms with van der Waals surface area (Å²) in [5.41, 5.74) is 0.689. The van der Waals surface area contributed by atoms with Gasteiger partial charge in [-0.15, -0.1) is 0 Å². The Hall–Kier alpha value is -1.95. The molecule has 0 unspecified atom stereocenters. The number of benzene rings is 1.